The zero-order chi connectivity index (χ0) is 10.1. The summed E-state index contributed by atoms with van der Waals surface area (Å²) >= 11 is 0. The van der Waals surface area contributed by atoms with Crippen LogP contribution in [0.3, 0.4) is 0 Å². The van der Waals surface area contributed by atoms with Gasteiger partial charge in [-0.15, -0.1) is 0 Å². The summed E-state index contributed by atoms with van der Waals surface area (Å²) in [5.74, 6) is -1.06. The van der Waals surface area contributed by atoms with Crippen molar-refractivity contribution in [3.8, 4) is 0 Å². The summed E-state index contributed by atoms with van der Waals surface area (Å²) in [7, 11) is -2.33. The van der Waals surface area contributed by atoms with Crippen LogP contribution in [0, 0.1) is 0 Å². The van der Waals surface area contributed by atoms with Gasteiger partial charge < -0.3 is 9.63 Å². The van der Waals surface area contributed by atoms with Gasteiger partial charge in [0.1, 0.15) is 6.16 Å². The maximum absolute atomic E-state index is 10.9. The van der Waals surface area contributed by atoms with E-state index in [0.717, 1.165) is 25.7 Å². The Labute approximate surface area is 79.2 Å². The molecule has 78 valence electrons. The van der Waals surface area contributed by atoms with Crippen LogP contribution in [0.5, 0.6) is 0 Å². The van der Waals surface area contributed by atoms with Crippen molar-refractivity contribution in [1.29, 1.82) is 0 Å². The quantitative estimate of drug-likeness (QED) is 0.490. The Bertz CT molecular complexity index is 170. The lowest BCUT2D eigenvalue weighted by molar-refractivity contribution is -0.134. The van der Waals surface area contributed by atoms with E-state index in [2.05, 4.69) is 6.92 Å². The van der Waals surface area contributed by atoms with Crippen LogP contribution in [0.25, 0.3) is 0 Å². The lowest BCUT2D eigenvalue weighted by atomic mass is 10.2. The monoisotopic (exact) mass is 208 g/mol. The highest BCUT2D eigenvalue weighted by Gasteiger charge is 2.04. The first-order valence-corrected chi connectivity index (χ1v) is 6.06. The van der Waals surface area contributed by atoms with Crippen molar-refractivity contribution in [2.24, 2.45) is 0 Å². The molecule has 0 aliphatic carbocycles. The van der Waals surface area contributed by atoms with Gasteiger partial charge in [-0.25, -0.2) is 0 Å². The molecule has 1 atom stereocenters. The van der Waals surface area contributed by atoms with Crippen molar-refractivity contribution >= 4 is 14.0 Å². The van der Waals surface area contributed by atoms with Crippen LogP contribution in [0.1, 0.15) is 32.6 Å². The normalized spacial score (nSPS) is 12.7. The van der Waals surface area contributed by atoms with Crippen molar-refractivity contribution < 1.29 is 19.0 Å². The van der Waals surface area contributed by atoms with Gasteiger partial charge in [0.2, 0.25) is 8.03 Å². The molecule has 0 aliphatic heterocycles. The predicted octanol–water partition coefficient (Wildman–Crippen LogP) is 2.14. The van der Waals surface area contributed by atoms with Crippen molar-refractivity contribution in [1.82, 2.24) is 0 Å². The Hall–Kier alpha value is -0.340. The van der Waals surface area contributed by atoms with E-state index in [4.69, 9.17) is 9.63 Å². The molecule has 0 saturated heterocycles. The SMILES string of the molecule is CCCCCCO[PH](=O)CC(=O)O. The van der Waals surface area contributed by atoms with Crippen LogP contribution < -0.4 is 0 Å². The first-order chi connectivity index (χ1) is 6.16. The first-order valence-electron chi connectivity index (χ1n) is 4.54. The summed E-state index contributed by atoms with van der Waals surface area (Å²) in [5, 5.41) is 8.27. The average Bonchev–Trinajstić information content (AvgIpc) is 2.02. The van der Waals surface area contributed by atoms with Gasteiger partial charge in [-0.2, -0.15) is 0 Å². The molecule has 0 aliphatic rings. The van der Waals surface area contributed by atoms with Gasteiger partial charge >= 0.3 is 5.97 Å². The molecular weight excluding hydrogens is 191 g/mol. The van der Waals surface area contributed by atoms with Gasteiger partial charge in [-0.05, 0) is 6.42 Å². The zero-order valence-electron chi connectivity index (χ0n) is 7.91. The highest BCUT2D eigenvalue weighted by atomic mass is 31.1. The summed E-state index contributed by atoms with van der Waals surface area (Å²) in [6, 6.07) is 0. The van der Waals surface area contributed by atoms with E-state index >= 15 is 0 Å². The second-order valence-corrected chi connectivity index (χ2v) is 4.24. The van der Waals surface area contributed by atoms with Crippen LogP contribution >= 0.6 is 8.03 Å². The van der Waals surface area contributed by atoms with Gasteiger partial charge in [-0.1, -0.05) is 26.2 Å². The molecule has 13 heavy (non-hydrogen) atoms. The molecule has 0 fully saturated rings. The molecular formula is C8H17O4P. The van der Waals surface area contributed by atoms with Crippen LogP contribution in [0.4, 0.5) is 0 Å². The third-order valence-corrected chi connectivity index (χ3v) is 2.67. The van der Waals surface area contributed by atoms with E-state index in [0.29, 0.717) is 6.61 Å². The Kier molecular flexibility index (Phi) is 8.05. The number of unbranched alkanes of at least 4 members (excludes halogenated alkanes) is 3. The Morgan fingerprint density at radius 3 is 2.62 bits per heavy atom. The van der Waals surface area contributed by atoms with Crippen LogP contribution in [-0.4, -0.2) is 23.8 Å². The number of carboxylic acids is 1. The third-order valence-electron chi connectivity index (χ3n) is 1.56. The lowest BCUT2D eigenvalue weighted by Gasteiger charge is -2.01. The summed E-state index contributed by atoms with van der Waals surface area (Å²) in [5.41, 5.74) is 0. The summed E-state index contributed by atoms with van der Waals surface area (Å²) in [6.07, 6.45) is 3.86. The van der Waals surface area contributed by atoms with Gasteiger partial charge in [0.15, 0.2) is 0 Å². The van der Waals surface area contributed by atoms with Gasteiger partial charge in [-0.3, -0.25) is 9.36 Å². The van der Waals surface area contributed by atoms with Crippen molar-refractivity contribution in [2.45, 2.75) is 32.6 Å². The first kappa shape index (κ1) is 12.7. The van der Waals surface area contributed by atoms with Gasteiger partial charge in [0.25, 0.3) is 0 Å². The predicted molar refractivity (Wildman–Crippen MR) is 51.6 cm³/mol. The molecule has 0 rings (SSSR count). The fraction of sp³-hybridized carbons (Fsp3) is 0.875. The van der Waals surface area contributed by atoms with Gasteiger partial charge in [0, 0.05) is 0 Å². The number of rotatable bonds is 8. The average molecular weight is 208 g/mol. The molecule has 0 aromatic rings. The van der Waals surface area contributed by atoms with Gasteiger partial charge in [0.05, 0.1) is 6.61 Å². The minimum atomic E-state index is -2.33. The molecule has 1 unspecified atom stereocenters. The molecule has 0 heterocycles. The molecule has 0 saturated carbocycles. The fourth-order valence-electron chi connectivity index (χ4n) is 0.889. The van der Waals surface area contributed by atoms with Crippen LogP contribution in [0.15, 0.2) is 0 Å². The lowest BCUT2D eigenvalue weighted by Crippen LogP contribution is -1.99. The number of carboxylic acid groups (broad SMARTS) is 1. The Balaban J connectivity index is 3.22. The van der Waals surface area contributed by atoms with E-state index < -0.39 is 14.0 Å². The summed E-state index contributed by atoms with van der Waals surface area (Å²) < 4.78 is 15.7. The largest absolute Gasteiger partial charge is 0.481 e. The zero-order valence-corrected chi connectivity index (χ0v) is 8.91. The minimum absolute atomic E-state index is 0.349. The molecule has 0 spiro atoms. The van der Waals surface area contributed by atoms with E-state index in [9.17, 15) is 9.36 Å². The smallest absolute Gasteiger partial charge is 0.312 e. The molecule has 4 nitrogen and oxygen atoms in total. The molecule has 0 amide bonds. The molecule has 5 heteroatoms. The van der Waals surface area contributed by atoms with Crippen LogP contribution in [-0.2, 0) is 13.9 Å². The molecule has 0 bridgehead atoms. The van der Waals surface area contributed by atoms with Crippen molar-refractivity contribution in [2.75, 3.05) is 12.8 Å². The number of hydrogen-bond acceptors (Lipinski definition) is 3. The fourth-order valence-corrected chi connectivity index (χ4v) is 1.61. The number of carbonyl (C=O) groups is 1. The maximum atomic E-state index is 10.9. The Morgan fingerprint density at radius 2 is 2.08 bits per heavy atom. The topological polar surface area (TPSA) is 63.6 Å². The number of aliphatic carboxylic acids is 1. The molecule has 1 N–H and O–H groups in total. The maximum Gasteiger partial charge on any atom is 0.312 e. The highest BCUT2D eigenvalue weighted by molar-refractivity contribution is 7.40. The Morgan fingerprint density at radius 1 is 1.38 bits per heavy atom. The van der Waals surface area contributed by atoms with E-state index in [1.807, 2.05) is 0 Å². The standard InChI is InChI=1S/C8H17O4P/c1-2-3-4-5-6-12-13(11)7-8(9)10/h13H,2-7H2,1H3,(H,9,10). The summed E-state index contributed by atoms with van der Waals surface area (Å²) in [6.45, 7) is 2.53. The second-order valence-electron chi connectivity index (χ2n) is 2.85. The molecule has 0 aromatic heterocycles. The highest BCUT2D eigenvalue weighted by Crippen LogP contribution is 2.21. The minimum Gasteiger partial charge on any atom is -0.481 e. The van der Waals surface area contributed by atoms with Crippen LogP contribution in [0.2, 0.25) is 0 Å². The van der Waals surface area contributed by atoms with E-state index in [1.165, 1.54) is 0 Å². The second kappa shape index (κ2) is 8.27. The molecule has 0 radical (unpaired) electrons. The van der Waals surface area contributed by atoms with Crippen molar-refractivity contribution in [3.05, 3.63) is 0 Å². The third kappa shape index (κ3) is 9.57. The molecule has 0 aromatic carbocycles. The van der Waals surface area contributed by atoms with E-state index in [-0.39, 0.29) is 6.16 Å². The number of hydrogen-bond donors (Lipinski definition) is 1. The summed E-state index contributed by atoms with van der Waals surface area (Å²) in [4.78, 5) is 10.1. The van der Waals surface area contributed by atoms with Crippen molar-refractivity contribution in [3.63, 3.8) is 0 Å². The van der Waals surface area contributed by atoms with E-state index in [1.54, 1.807) is 0 Å².